The van der Waals surface area contributed by atoms with Crippen LogP contribution in [0.1, 0.15) is 62.5 Å². The van der Waals surface area contributed by atoms with Gasteiger partial charge in [-0.3, -0.25) is 4.79 Å². The van der Waals surface area contributed by atoms with Crippen LogP contribution < -0.4 is 5.73 Å². The fourth-order valence-electron chi connectivity index (χ4n) is 4.01. The molecule has 2 saturated carbocycles. The van der Waals surface area contributed by atoms with Gasteiger partial charge in [-0.2, -0.15) is 0 Å². The Morgan fingerprint density at radius 1 is 0.957 bits per heavy atom. The topological polar surface area (TPSA) is 46.3 Å². The van der Waals surface area contributed by atoms with E-state index in [1.807, 2.05) is 0 Å². The molecule has 1 heterocycles. The maximum atomic E-state index is 13.1. The second-order valence-corrected chi connectivity index (χ2v) is 8.02. The van der Waals surface area contributed by atoms with Crippen LogP contribution in [0, 0.1) is 0 Å². The highest BCUT2D eigenvalue weighted by Gasteiger charge is 2.52. The lowest BCUT2D eigenvalue weighted by Gasteiger charge is -2.26. The van der Waals surface area contributed by atoms with Crippen molar-refractivity contribution < 1.29 is 4.79 Å². The summed E-state index contributed by atoms with van der Waals surface area (Å²) in [5.41, 5.74) is 8.60. The van der Waals surface area contributed by atoms with Crippen LogP contribution in [0.15, 0.2) is 24.3 Å². The summed E-state index contributed by atoms with van der Waals surface area (Å²) in [5.74, 6) is 0.379. The van der Waals surface area contributed by atoms with E-state index in [9.17, 15) is 4.79 Å². The zero-order valence-corrected chi connectivity index (χ0v) is 14.0. The van der Waals surface area contributed by atoms with Crippen LogP contribution in [0.2, 0.25) is 0 Å². The minimum atomic E-state index is -0.206. The summed E-state index contributed by atoms with van der Waals surface area (Å²) in [6.45, 7) is 1.91. The van der Waals surface area contributed by atoms with Gasteiger partial charge in [0.2, 0.25) is 5.91 Å². The second-order valence-electron chi connectivity index (χ2n) is 8.02. The van der Waals surface area contributed by atoms with Gasteiger partial charge in [0.05, 0.1) is 5.41 Å². The maximum Gasteiger partial charge on any atom is 0.233 e. The van der Waals surface area contributed by atoms with Crippen molar-refractivity contribution in [3.8, 4) is 0 Å². The number of nitrogens with zero attached hydrogens (tertiary/aromatic N) is 1. The Balaban J connectivity index is 1.48. The summed E-state index contributed by atoms with van der Waals surface area (Å²) in [4.78, 5) is 15.2. The molecular weight excluding hydrogens is 284 g/mol. The van der Waals surface area contributed by atoms with Crippen molar-refractivity contribution in [3.05, 3.63) is 35.4 Å². The van der Waals surface area contributed by atoms with Gasteiger partial charge < -0.3 is 10.6 Å². The number of carbonyl (C=O) groups is 1. The third-order valence-electron chi connectivity index (χ3n) is 6.01. The van der Waals surface area contributed by atoms with E-state index in [4.69, 9.17) is 5.73 Å². The SMILES string of the molecule is NC1(Cc2ccc(C3(C(=O)N4CCCCCC4)CC3)cc2)CC1. The maximum absolute atomic E-state index is 13.1. The highest BCUT2D eigenvalue weighted by Crippen LogP contribution is 2.50. The Morgan fingerprint density at radius 3 is 2.09 bits per heavy atom. The van der Waals surface area contributed by atoms with Gasteiger partial charge in [-0.1, -0.05) is 37.1 Å². The van der Waals surface area contributed by atoms with Crippen molar-refractivity contribution in [2.45, 2.75) is 68.7 Å². The molecule has 0 bridgehead atoms. The summed E-state index contributed by atoms with van der Waals surface area (Å²) in [6, 6.07) is 8.75. The summed E-state index contributed by atoms with van der Waals surface area (Å²) in [6.07, 6.45) is 10.2. The van der Waals surface area contributed by atoms with Crippen molar-refractivity contribution in [2.75, 3.05) is 13.1 Å². The van der Waals surface area contributed by atoms with Gasteiger partial charge in [-0.25, -0.2) is 0 Å². The summed E-state index contributed by atoms with van der Waals surface area (Å²) >= 11 is 0. The lowest BCUT2D eigenvalue weighted by molar-refractivity contribution is -0.133. The molecule has 1 aromatic rings. The zero-order valence-electron chi connectivity index (χ0n) is 14.0. The molecule has 0 spiro atoms. The highest BCUT2D eigenvalue weighted by molar-refractivity contribution is 5.91. The fourth-order valence-corrected chi connectivity index (χ4v) is 4.01. The standard InChI is InChI=1S/C20H28N2O/c21-19(9-10-19)15-16-5-7-17(8-6-16)20(11-12-20)18(23)22-13-3-1-2-4-14-22/h5-8H,1-4,9-15,21H2. The smallest absolute Gasteiger partial charge is 0.233 e. The van der Waals surface area contributed by atoms with Crippen LogP contribution in [0.5, 0.6) is 0 Å². The van der Waals surface area contributed by atoms with E-state index in [2.05, 4.69) is 29.2 Å². The van der Waals surface area contributed by atoms with Gasteiger partial charge in [0, 0.05) is 18.6 Å². The third-order valence-corrected chi connectivity index (χ3v) is 6.01. The van der Waals surface area contributed by atoms with Gasteiger partial charge in [0.25, 0.3) is 0 Å². The number of hydrogen-bond acceptors (Lipinski definition) is 2. The molecule has 3 heteroatoms. The molecule has 4 rings (SSSR count). The van der Waals surface area contributed by atoms with E-state index in [-0.39, 0.29) is 11.0 Å². The van der Waals surface area contributed by atoms with Gasteiger partial charge in [-0.05, 0) is 56.1 Å². The average molecular weight is 312 g/mol. The van der Waals surface area contributed by atoms with E-state index in [0.717, 1.165) is 45.2 Å². The number of rotatable bonds is 4. The van der Waals surface area contributed by atoms with Crippen LogP contribution in [0.3, 0.4) is 0 Å². The van der Waals surface area contributed by atoms with Crippen molar-refractivity contribution >= 4 is 5.91 Å². The Kier molecular flexibility index (Phi) is 3.72. The van der Waals surface area contributed by atoms with Crippen molar-refractivity contribution in [3.63, 3.8) is 0 Å². The minimum absolute atomic E-state index is 0.0562. The molecule has 2 N–H and O–H groups in total. The van der Waals surface area contributed by atoms with E-state index in [0.29, 0.717) is 5.91 Å². The molecule has 1 aliphatic heterocycles. The minimum Gasteiger partial charge on any atom is -0.342 e. The van der Waals surface area contributed by atoms with Gasteiger partial charge in [-0.15, -0.1) is 0 Å². The van der Waals surface area contributed by atoms with Gasteiger partial charge in [0.15, 0.2) is 0 Å². The van der Waals surface area contributed by atoms with E-state index >= 15 is 0 Å². The van der Waals surface area contributed by atoms with Gasteiger partial charge >= 0.3 is 0 Å². The van der Waals surface area contributed by atoms with Crippen molar-refractivity contribution in [1.82, 2.24) is 4.90 Å². The zero-order chi connectivity index (χ0) is 15.9. The first-order chi connectivity index (χ1) is 11.1. The molecule has 0 unspecified atom stereocenters. The lowest BCUT2D eigenvalue weighted by atomic mass is 9.92. The number of carbonyl (C=O) groups excluding carboxylic acids is 1. The predicted molar refractivity (Wildman–Crippen MR) is 92.3 cm³/mol. The summed E-state index contributed by atoms with van der Waals surface area (Å²) < 4.78 is 0. The van der Waals surface area contributed by atoms with Gasteiger partial charge in [0.1, 0.15) is 0 Å². The van der Waals surface area contributed by atoms with Crippen LogP contribution in [-0.2, 0) is 16.6 Å². The van der Waals surface area contributed by atoms with Crippen LogP contribution in [0.4, 0.5) is 0 Å². The predicted octanol–water partition coefficient (Wildman–Crippen LogP) is 3.15. The molecule has 0 radical (unpaired) electrons. The molecule has 2 aliphatic carbocycles. The van der Waals surface area contributed by atoms with Crippen LogP contribution in [-0.4, -0.2) is 29.4 Å². The Bertz CT molecular complexity index is 576. The molecule has 0 atom stereocenters. The number of likely N-dealkylation sites (tertiary alicyclic amines) is 1. The Hall–Kier alpha value is -1.35. The van der Waals surface area contributed by atoms with Crippen LogP contribution >= 0.6 is 0 Å². The number of hydrogen-bond donors (Lipinski definition) is 1. The summed E-state index contributed by atoms with van der Waals surface area (Å²) in [5, 5.41) is 0. The first-order valence-electron chi connectivity index (χ1n) is 9.29. The van der Waals surface area contributed by atoms with Crippen molar-refractivity contribution in [1.29, 1.82) is 0 Å². The van der Waals surface area contributed by atoms with E-state index < -0.39 is 0 Å². The van der Waals surface area contributed by atoms with Crippen LogP contribution in [0.25, 0.3) is 0 Å². The largest absolute Gasteiger partial charge is 0.342 e. The fraction of sp³-hybridized carbons (Fsp3) is 0.650. The average Bonchev–Trinajstić information content (AvgIpc) is 3.44. The first kappa shape index (κ1) is 15.2. The second kappa shape index (κ2) is 5.62. The number of amides is 1. The molecule has 0 aromatic heterocycles. The third kappa shape index (κ3) is 3.03. The molecule has 3 aliphatic rings. The quantitative estimate of drug-likeness (QED) is 0.928. The molecule has 3 fully saturated rings. The molecule has 23 heavy (non-hydrogen) atoms. The van der Waals surface area contributed by atoms with E-state index in [1.165, 1.54) is 36.8 Å². The molecule has 1 saturated heterocycles. The van der Waals surface area contributed by atoms with E-state index in [1.54, 1.807) is 0 Å². The van der Waals surface area contributed by atoms with Crippen molar-refractivity contribution in [2.24, 2.45) is 5.73 Å². The molecular formula is C20H28N2O. The normalized spacial score (nSPS) is 24.8. The number of benzene rings is 1. The Labute approximate surface area is 139 Å². The molecule has 1 amide bonds. The first-order valence-corrected chi connectivity index (χ1v) is 9.29. The monoisotopic (exact) mass is 312 g/mol. The molecule has 124 valence electrons. The highest BCUT2D eigenvalue weighted by atomic mass is 16.2. The summed E-state index contributed by atoms with van der Waals surface area (Å²) in [7, 11) is 0. The molecule has 3 nitrogen and oxygen atoms in total. The molecule has 1 aromatic carbocycles. The number of nitrogens with two attached hydrogens (primary N) is 1. The Morgan fingerprint density at radius 2 is 1.57 bits per heavy atom. The lowest BCUT2D eigenvalue weighted by Crippen LogP contribution is -2.39.